The zero-order chi connectivity index (χ0) is 20.4. The SMILES string of the molecule is O=C(CSCCC(NC(=O)OCc1ccccc1)C(=O)O)NC(=O)NC1CC1. The highest BCUT2D eigenvalue weighted by molar-refractivity contribution is 7.99. The molecule has 10 heteroatoms. The first-order valence-electron chi connectivity index (χ1n) is 8.82. The molecule has 1 unspecified atom stereocenters. The summed E-state index contributed by atoms with van der Waals surface area (Å²) in [6.07, 6.45) is 1.14. The highest BCUT2D eigenvalue weighted by atomic mass is 32.2. The van der Waals surface area contributed by atoms with Gasteiger partial charge in [-0.3, -0.25) is 10.1 Å². The molecule has 28 heavy (non-hydrogen) atoms. The first-order valence-corrected chi connectivity index (χ1v) is 9.97. The van der Waals surface area contributed by atoms with Gasteiger partial charge in [-0.15, -0.1) is 0 Å². The van der Waals surface area contributed by atoms with E-state index in [1.54, 1.807) is 24.3 Å². The fourth-order valence-electron chi connectivity index (χ4n) is 2.14. The number of ether oxygens (including phenoxy) is 1. The topological polar surface area (TPSA) is 134 Å². The molecule has 0 aromatic heterocycles. The smallest absolute Gasteiger partial charge is 0.408 e. The fourth-order valence-corrected chi connectivity index (χ4v) is 2.95. The van der Waals surface area contributed by atoms with Gasteiger partial charge >= 0.3 is 18.1 Å². The summed E-state index contributed by atoms with van der Waals surface area (Å²) in [5, 5.41) is 16.4. The number of nitrogens with one attached hydrogen (secondary N) is 3. The highest BCUT2D eigenvalue weighted by Crippen LogP contribution is 2.18. The average Bonchev–Trinajstić information content (AvgIpc) is 3.47. The number of imide groups is 1. The van der Waals surface area contributed by atoms with Crippen LogP contribution in [0.25, 0.3) is 0 Å². The summed E-state index contributed by atoms with van der Waals surface area (Å²) in [5.41, 5.74) is 0.789. The number of thioether (sulfide) groups is 1. The Kier molecular flexibility index (Phi) is 8.60. The second-order valence-corrected chi connectivity index (χ2v) is 7.34. The van der Waals surface area contributed by atoms with E-state index in [2.05, 4.69) is 16.0 Å². The Morgan fingerprint density at radius 2 is 1.89 bits per heavy atom. The van der Waals surface area contributed by atoms with Crippen molar-refractivity contribution in [3.63, 3.8) is 0 Å². The molecular formula is C18H23N3O6S. The summed E-state index contributed by atoms with van der Waals surface area (Å²) in [4.78, 5) is 46.1. The van der Waals surface area contributed by atoms with Crippen molar-refractivity contribution in [2.24, 2.45) is 0 Å². The molecule has 0 spiro atoms. The second kappa shape index (κ2) is 11.2. The van der Waals surface area contributed by atoms with Crippen LogP contribution in [0.5, 0.6) is 0 Å². The number of aliphatic carboxylic acids is 1. The lowest BCUT2D eigenvalue weighted by Gasteiger charge is -2.14. The minimum absolute atomic E-state index is 0.0167. The lowest BCUT2D eigenvalue weighted by Crippen LogP contribution is -2.42. The lowest BCUT2D eigenvalue weighted by atomic mass is 10.2. The van der Waals surface area contributed by atoms with Gasteiger partial charge in [-0.25, -0.2) is 14.4 Å². The largest absolute Gasteiger partial charge is 0.480 e. The van der Waals surface area contributed by atoms with E-state index in [0.717, 1.165) is 18.4 Å². The van der Waals surface area contributed by atoms with Gasteiger partial charge in [0, 0.05) is 6.04 Å². The molecule has 9 nitrogen and oxygen atoms in total. The molecule has 1 saturated carbocycles. The minimum atomic E-state index is -1.19. The van der Waals surface area contributed by atoms with Crippen molar-refractivity contribution in [2.75, 3.05) is 11.5 Å². The van der Waals surface area contributed by atoms with Crippen molar-refractivity contribution in [1.82, 2.24) is 16.0 Å². The zero-order valence-electron chi connectivity index (χ0n) is 15.2. The first-order chi connectivity index (χ1) is 13.4. The van der Waals surface area contributed by atoms with Gasteiger partial charge in [-0.05, 0) is 30.6 Å². The lowest BCUT2D eigenvalue weighted by molar-refractivity contribution is -0.139. The number of alkyl carbamates (subject to hydrolysis) is 1. The van der Waals surface area contributed by atoms with Crippen molar-refractivity contribution in [3.05, 3.63) is 35.9 Å². The Labute approximate surface area is 166 Å². The van der Waals surface area contributed by atoms with Crippen molar-refractivity contribution >= 4 is 35.8 Å². The van der Waals surface area contributed by atoms with E-state index >= 15 is 0 Å². The van der Waals surface area contributed by atoms with Crippen LogP contribution in [0.2, 0.25) is 0 Å². The summed E-state index contributed by atoms with van der Waals surface area (Å²) in [7, 11) is 0. The third-order valence-electron chi connectivity index (χ3n) is 3.75. The maximum Gasteiger partial charge on any atom is 0.408 e. The number of carbonyl (C=O) groups is 4. The Morgan fingerprint density at radius 1 is 1.18 bits per heavy atom. The number of hydrogen-bond donors (Lipinski definition) is 4. The van der Waals surface area contributed by atoms with Crippen molar-refractivity contribution in [2.45, 2.75) is 38.0 Å². The first kappa shape index (κ1) is 21.5. The predicted octanol–water partition coefficient (Wildman–Crippen LogP) is 1.48. The summed E-state index contributed by atoms with van der Waals surface area (Å²) in [5.74, 6) is -1.31. The Balaban J connectivity index is 1.61. The minimum Gasteiger partial charge on any atom is -0.480 e. The predicted molar refractivity (Wildman–Crippen MR) is 103 cm³/mol. The number of carboxylic acid groups (broad SMARTS) is 1. The quantitative estimate of drug-likeness (QED) is 0.430. The Bertz CT molecular complexity index is 696. The molecule has 0 radical (unpaired) electrons. The molecular weight excluding hydrogens is 386 g/mol. The molecule has 1 aromatic rings. The standard InChI is InChI=1S/C18H23N3O6S/c22-15(21-17(25)19-13-6-7-13)11-28-9-8-14(16(23)24)20-18(26)27-10-12-4-2-1-3-5-12/h1-5,13-14H,6-11H2,(H,20,26)(H,23,24)(H2,19,21,22,25). The van der Waals surface area contributed by atoms with Gasteiger partial charge in [-0.2, -0.15) is 11.8 Å². The van der Waals surface area contributed by atoms with Crippen LogP contribution in [-0.2, 0) is 20.9 Å². The average molecular weight is 409 g/mol. The van der Waals surface area contributed by atoms with Crippen LogP contribution in [0, 0.1) is 0 Å². The van der Waals surface area contributed by atoms with Gasteiger partial charge in [0.2, 0.25) is 5.91 Å². The van der Waals surface area contributed by atoms with Gasteiger partial charge in [-0.1, -0.05) is 30.3 Å². The van der Waals surface area contributed by atoms with E-state index in [1.807, 2.05) is 6.07 Å². The number of amides is 4. The van der Waals surface area contributed by atoms with Crippen LogP contribution in [0.4, 0.5) is 9.59 Å². The molecule has 4 N–H and O–H groups in total. The van der Waals surface area contributed by atoms with Gasteiger partial charge in [0.1, 0.15) is 12.6 Å². The third kappa shape index (κ3) is 8.76. The molecule has 0 heterocycles. The number of urea groups is 1. The maximum atomic E-state index is 11.8. The fraction of sp³-hybridized carbons (Fsp3) is 0.444. The monoisotopic (exact) mass is 409 g/mol. The van der Waals surface area contributed by atoms with E-state index in [1.165, 1.54) is 11.8 Å². The zero-order valence-corrected chi connectivity index (χ0v) is 16.0. The molecule has 1 aromatic carbocycles. The third-order valence-corrected chi connectivity index (χ3v) is 4.74. The molecule has 0 bridgehead atoms. The summed E-state index contributed by atoms with van der Waals surface area (Å²) >= 11 is 1.17. The van der Waals surface area contributed by atoms with Crippen LogP contribution in [0.3, 0.4) is 0 Å². The molecule has 2 rings (SSSR count). The maximum absolute atomic E-state index is 11.8. The van der Waals surface area contributed by atoms with Crippen LogP contribution in [0.15, 0.2) is 30.3 Å². The van der Waals surface area contributed by atoms with E-state index in [0.29, 0.717) is 5.75 Å². The van der Waals surface area contributed by atoms with E-state index in [-0.39, 0.29) is 24.8 Å². The van der Waals surface area contributed by atoms with E-state index < -0.39 is 30.0 Å². The number of carboxylic acids is 1. The van der Waals surface area contributed by atoms with E-state index in [9.17, 15) is 24.3 Å². The van der Waals surface area contributed by atoms with Crippen LogP contribution < -0.4 is 16.0 Å². The highest BCUT2D eigenvalue weighted by Gasteiger charge is 2.24. The number of benzene rings is 1. The van der Waals surface area contributed by atoms with Crippen molar-refractivity contribution in [1.29, 1.82) is 0 Å². The molecule has 4 amide bonds. The summed E-state index contributed by atoms with van der Waals surface area (Å²) < 4.78 is 5.00. The number of hydrogen-bond acceptors (Lipinski definition) is 6. The molecule has 1 aliphatic rings. The number of carbonyl (C=O) groups excluding carboxylic acids is 3. The Hall–Kier alpha value is -2.75. The number of rotatable bonds is 10. The molecule has 1 aliphatic carbocycles. The summed E-state index contributed by atoms with van der Waals surface area (Å²) in [6.45, 7) is 0.0385. The van der Waals surface area contributed by atoms with E-state index in [4.69, 9.17) is 4.74 Å². The van der Waals surface area contributed by atoms with Gasteiger partial charge in [0.25, 0.3) is 0 Å². The van der Waals surface area contributed by atoms with Crippen LogP contribution in [-0.4, -0.2) is 52.7 Å². The summed E-state index contributed by atoms with van der Waals surface area (Å²) in [6, 6.07) is 7.53. The van der Waals surface area contributed by atoms with Crippen molar-refractivity contribution in [3.8, 4) is 0 Å². The van der Waals surface area contributed by atoms with Crippen LogP contribution >= 0.6 is 11.8 Å². The Morgan fingerprint density at radius 3 is 2.54 bits per heavy atom. The molecule has 0 aliphatic heterocycles. The second-order valence-electron chi connectivity index (χ2n) is 6.23. The van der Waals surface area contributed by atoms with Crippen LogP contribution in [0.1, 0.15) is 24.8 Å². The molecule has 1 fully saturated rings. The van der Waals surface area contributed by atoms with Gasteiger partial charge in [0.15, 0.2) is 0 Å². The van der Waals surface area contributed by atoms with Gasteiger partial charge in [0.05, 0.1) is 5.75 Å². The van der Waals surface area contributed by atoms with Gasteiger partial charge < -0.3 is 20.5 Å². The molecule has 1 atom stereocenters. The molecule has 152 valence electrons. The molecule has 0 saturated heterocycles. The normalized spacial score (nSPS) is 13.9. The van der Waals surface area contributed by atoms with Crippen molar-refractivity contribution < 1.29 is 29.0 Å².